The van der Waals surface area contributed by atoms with Gasteiger partial charge in [0.15, 0.2) is 6.10 Å². The summed E-state index contributed by atoms with van der Waals surface area (Å²) in [6.07, 6.45) is -0.824. The van der Waals surface area contributed by atoms with Gasteiger partial charge in [-0.15, -0.1) is 0 Å². The van der Waals surface area contributed by atoms with Crippen molar-refractivity contribution < 1.29 is 19.7 Å². The number of ether oxygens (including phenoxy) is 1. The Morgan fingerprint density at radius 3 is 2.50 bits per heavy atom. The first-order valence-corrected chi connectivity index (χ1v) is 6.94. The van der Waals surface area contributed by atoms with E-state index in [1.165, 1.54) is 11.8 Å². The van der Waals surface area contributed by atoms with E-state index < -0.39 is 18.2 Å². The molecule has 0 spiro atoms. The number of carbonyl (C=O) groups is 1. The quantitative estimate of drug-likeness (QED) is 0.760. The predicted molar refractivity (Wildman–Crippen MR) is 71.2 cm³/mol. The van der Waals surface area contributed by atoms with Gasteiger partial charge in [-0.05, 0) is 11.8 Å². The molecule has 0 fully saturated rings. The van der Waals surface area contributed by atoms with Gasteiger partial charge in [0.25, 0.3) is 0 Å². The number of hydrogen-bond donors (Lipinski definition) is 2. The molecule has 1 unspecified atom stereocenters. The van der Waals surface area contributed by atoms with Crippen molar-refractivity contribution in [2.75, 3.05) is 6.26 Å². The van der Waals surface area contributed by atoms with E-state index in [0.717, 1.165) is 5.56 Å². The van der Waals surface area contributed by atoms with Crippen LogP contribution in [0.5, 0.6) is 0 Å². The summed E-state index contributed by atoms with van der Waals surface area (Å²) in [5, 5.41) is 19.1. The third-order valence-corrected chi connectivity index (χ3v) is 3.66. The Morgan fingerprint density at radius 2 is 1.94 bits per heavy atom. The highest BCUT2D eigenvalue weighted by Crippen LogP contribution is 2.14. The summed E-state index contributed by atoms with van der Waals surface area (Å²) in [4.78, 5) is 11.5. The Balaban J connectivity index is 2.45. The first kappa shape index (κ1) is 15.0. The molecule has 0 aliphatic carbocycles. The van der Waals surface area contributed by atoms with Crippen LogP contribution < -0.4 is 0 Å². The van der Waals surface area contributed by atoms with Gasteiger partial charge in [-0.2, -0.15) is 11.8 Å². The lowest BCUT2D eigenvalue weighted by Crippen LogP contribution is -2.40. The van der Waals surface area contributed by atoms with Gasteiger partial charge in [-0.3, -0.25) is 0 Å². The smallest absolute Gasteiger partial charge is 0.338 e. The fourth-order valence-electron chi connectivity index (χ4n) is 1.35. The fraction of sp³-hybridized carbons (Fsp3) is 0.462. The fourth-order valence-corrected chi connectivity index (χ4v) is 1.78. The molecule has 0 heterocycles. The maximum absolute atomic E-state index is 11.5. The molecule has 0 radical (unpaired) electrons. The molecule has 0 aromatic heterocycles. The van der Waals surface area contributed by atoms with Gasteiger partial charge in [0.05, 0.1) is 0 Å². The topological polar surface area (TPSA) is 66.8 Å². The molecular formula is C13H18O4S. The minimum Gasteiger partial charge on any atom is -0.459 e. The molecule has 100 valence electrons. The number of hydrogen-bond acceptors (Lipinski definition) is 5. The Kier molecular flexibility index (Phi) is 6.18. The van der Waals surface area contributed by atoms with Crippen molar-refractivity contribution in [3.63, 3.8) is 0 Å². The molecule has 1 aromatic carbocycles. The van der Waals surface area contributed by atoms with Crippen LogP contribution in [0.1, 0.15) is 12.5 Å². The summed E-state index contributed by atoms with van der Waals surface area (Å²) >= 11 is 1.38. The van der Waals surface area contributed by atoms with Crippen molar-refractivity contribution in [1.82, 2.24) is 0 Å². The van der Waals surface area contributed by atoms with E-state index in [1.54, 1.807) is 13.2 Å². The van der Waals surface area contributed by atoms with Crippen LogP contribution in [0.3, 0.4) is 0 Å². The van der Waals surface area contributed by atoms with Crippen LogP contribution >= 0.6 is 11.8 Å². The van der Waals surface area contributed by atoms with Crippen molar-refractivity contribution in [2.45, 2.75) is 31.0 Å². The van der Waals surface area contributed by atoms with Crippen LogP contribution in [0.2, 0.25) is 0 Å². The number of aliphatic hydroxyl groups is 2. The van der Waals surface area contributed by atoms with Crippen LogP contribution in [0.25, 0.3) is 0 Å². The number of thioether (sulfide) groups is 1. The highest BCUT2D eigenvalue weighted by atomic mass is 32.2. The molecule has 0 bridgehead atoms. The van der Waals surface area contributed by atoms with Gasteiger partial charge < -0.3 is 14.9 Å². The molecular weight excluding hydrogens is 252 g/mol. The maximum atomic E-state index is 11.5. The summed E-state index contributed by atoms with van der Waals surface area (Å²) in [5.74, 6) is -0.799. The average molecular weight is 270 g/mol. The molecule has 0 saturated heterocycles. The third kappa shape index (κ3) is 4.33. The van der Waals surface area contributed by atoms with Crippen molar-refractivity contribution in [3.05, 3.63) is 35.9 Å². The van der Waals surface area contributed by atoms with Gasteiger partial charge in [0, 0.05) is 5.25 Å². The van der Waals surface area contributed by atoms with Gasteiger partial charge in [0.2, 0.25) is 0 Å². The zero-order valence-corrected chi connectivity index (χ0v) is 11.3. The Bertz CT molecular complexity index is 369. The molecule has 0 aliphatic heterocycles. The van der Waals surface area contributed by atoms with E-state index in [4.69, 9.17) is 4.74 Å². The Labute approximate surface area is 111 Å². The van der Waals surface area contributed by atoms with E-state index in [-0.39, 0.29) is 11.9 Å². The molecule has 0 amide bonds. The second kappa shape index (κ2) is 7.41. The normalized spacial score (nSPS) is 15.8. The lowest BCUT2D eigenvalue weighted by molar-refractivity contribution is -0.160. The molecule has 5 heteroatoms. The molecule has 1 aromatic rings. The summed E-state index contributed by atoms with van der Waals surface area (Å²) < 4.78 is 4.95. The van der Waals surface area contributed by atoms with E-state index in [1.807, 2.05) is 30.3 Å². The predicted octanol–water partition coefficient (Wildman–Crippen LogP) is 1.20. The zero-order valence-electron chi connectivity index (χ0n) is 10.4. The number of esters is 1. The third-order valence-electron chi connectivity index (χ3n) is 2.64. The number of aliphatic hydroxyl groups excluding tert-OH is 2. The second-order valence-corrected chi connectivity index (χ2v) is 5.18. The lowest BCUT2D eigenvalue weighted by Gasteiger charge is -2.21. The van der Waals surface area contributed by atoms with E-state index in [2.05, 4.69) is 0 Å². The molecule has 0 aliphatic rings. The van der Waals surface area contributed by atoms with Crippen LogP contribution in [-0.2, 0) is 16.1 Å². The largest absolute Gasteiger partial charge is 0.459 e. The van der Waals surface area contributed by atoms with Crippen molar-refractivity contribution in [2.24, 2.45) is 0 Å². The highest BCUT2D eigenvalue weighted by Gasteiger charge is 2.29. The SMILES string of the molecule is CSC(C)[C@H](O)[C@@H](O)C(=O)OCc1ccccc1. The summed E-state index contributed by atoms with van der Waals surface area (Å²) in [7, 11) is 0. The van der Waals surface area contributed by atoms with Crippen molar-refractivity contribution in [1.29, 1.82) is 0 Å². The number of carbonyl (C=O) groups excluding carboxylic acids is 1. The van der Waals surface area contributed by atoms with E-state index >= 15 is 0 Å². The lowest BCUT2D eigenvalue weighted by atomic mass is 10.1. The first-order valence-electron chi connectivity index (χ1n) is 5.65. The summed E-state index contributed by atoms with van der Waals surface area (Å²) in [6.45, 7) is 1.83. The first-order chi connectivity index (χ1) is 8.56. The van der Waals surface area contributed by atoms with Gasteiger partial charge >= 0.3 is 5.97 Å². The van der Waals surface area contributed by atoms with Crippen LogP contribution in [0.4, 0.5) is 0 Å². The van der Waals surface area contributed by atoms with Crippen LogP contribution in [-0.4, -0.2) is 39.9 Å². The molecule has 3 atom stereocenters. The molecule has 4 nitrogen and oxygen atoms in total. The maximum Gasteiger partial charge on any atom is 0.338 e. The van der Waals surface area contributed by atoms with E-state index in [9.17, 15) is 15.0 Å². The number of benzene rings is 1. The summed E-state index contributed by atoms with van der Waals surface area (Å²) in [6, 6.07) is 9.18. The zero-order chi connectivity index (χ0) is 13.5. The monoisotopic (exact) mass is 270 g/mol. The second-order valence-electron chi connectivity index (χ2n) is 3.97. The van der Waals surface area contributed by atoms with Gasteiger partial charge in [-0.25, -0.2) is 4.79 Å². The Morgan fingerprint density at radius 1 is 1.33 bits per heavy atom. The minimum atomic E-state index is -1.50. The number of rotatable bonds is 6. The van der Waals surface area contributed by atoms with Gasteiger partial charge in [0.1, 0.15) is 12.7 Å². The highest BCUT2D eigenvalue weighted by molar-refractivity contribution is 7.99. The van der Waals surface area contributed by atoms with Crippen molar-refractivity contribution >= 4 is 17.7 Å². The van der Waals surface area contributed by atoms with Gasteiger partial charge in [-0.1, -0.05) is 37.3 Å². The molecule has 2 N–H and O–H groups in total. The molecule has 0 saturated carbocycles. The average Bonchev–Trinajstić information content (AvgIpc) is 2.43. The van der Waals surface area contributed by atoms with E-state index in [0.29, 0.717) is 0 Å². The van der Waals surface area contributed by atoms with Crippen molar-refractivity contribution in [3.8, 4) is 0 Å². The standard InChI is InChI=1S/C13H18O4S/c1-9(18-2)11(14)12(15)13(16)17-8-10-6-4-3-5-7-10/h3-7,9,11-12,14-15H,8H2,1-2H3/t9?,11-,12+/m0/s1. The molecule has 1 rings (SSSR count). The minimum absolute atomic E-state index is 0.0943. The summed E-state index contributed by atoms with van der Waals surface area (Å²) in [5.41, 5.74) is 0.838. The molecule has 18 heavy (non-hydrogen) atoms. The Hall–Kier alpha value is -1.04. The van der Waals surface area contributed by atoms with Crippen LogP contribution in [0.15, 0.2) is 30.3 Å². The van der Waals surface area contributed by atoms with Crippen LogP contribution in [0, 0.1) is 0 Å².